The van der Waals surface area contributed by atoms with E-state index in [0.29, 0.717) is 0 Å². The van der Waals surface area contributed by atoms with Crippen molar-refractivity contribution < 1.29 is 0 Å². The highest BCUT2D eigenvalue weighted by molar-refractivity contribution is 6.88. The van der Waals surface area contributed by atoms with Gasteiger partial charge in [0.15, 0.2) is 0 Å². The van der Waals surface area contributed by atoms with Gasteiger partial charge in [-0.25, -0.2) is 0 Å². The van der Waals surface area contributed by atoms with Crippen LogP contribution in [0, 0.1) is 5.92 Å². The largest absolute Gasteiger partial charge is 0.0691 e. The second-order valence-corrected chi connectivity index (χ2v) is 18.7. The standard InChI is InChI=1S/C13H26Si2/c1-14(2,3)12(7-8-12)13-10-11(13)6-9-15(13,4)5/h11H,6-10H2,1-5H3. The third-order valence-corrected chi connectivity index (χ3v) is 15.6. The zero-order valence-corrected chi connectivity index (χ0v) is 13.1. The SMILES string of the molecule is C[Si](C)(C)C1(C23CC2CC[Si]3(C)C)CC1. The van der Waals surface area contributed by atoms with Crippen molar-refractivity contribution in [2.45, 2.75) is 74.5 Å². The summed E-state index contributed by atoms with van der Waals surface area (Å²) in [7, 11) is -1.79. The topological polar surface area (TPSA) is 0 Å². The van der Waals surface area contributed by atoms with Crippen molar-refractivity contribution in [2.24, 2.45) is 5.92 Å². The summed E-state index contributed by atoms with van der Waals surface area (Å²) in [4.78, 5) is 0. The Bertz CT molecular complexity index is 309. The Balaban J connectivity index is 2.02. The third kappa shape index (κ3) is 0.992. The molecule has 1 heterocycles. The fourth-order valence-electron chi connectivity index (χ4n) is 5.49. The molecule has 0 radical (unpaired) electrons. The molecule has 3 fully saturated rings. The number of hydrogen-bond donors (Lipinski definition) is 0. The molecule has 2 atom stereocenters. The smallest absolute Gasteiger partial charge is 0.0543 e. The van der Waals surface area contributed by atoms with Crippen molar-refractivity contribution in [1.29, 1.82) is 0 Å². The van der Waals surface area contributed by atoms with E-state index >= 15 is 0 Å². The summed E-state index contributed by atoms with van der Waals surface area (Å²) in [6.45, 7) is 13.4. The highest BCUT2D eigenvalue weighted by Gasteiger charge is 2.80. The summed E-state index contributed by atoms with van der Waals surface area (Å²) in [5.74, 6) is 1.19. The normalized spacial score (nSPS) is 45.0. The zero-order chi connectivity index (χ0) is 11.1. The molecule has 3 rings (SSSR count). The molecule has 0 bridgehead atoms. The monoisotopic (exact) mass is 238 g/mol. The fraction of sp³-hybridized carbons (Fsp3) is 1.00. The summed E-state index contributed by atoms with van der Waals surface area (Å²) in [6.07, 6.45) is 6.47. The number of fused-ring (bicyclic) bond motifs is 1. The first kappa shape index (κ1) is 10.6. The molecule has 2 saturated carbocycles. The molecule has 1 aliphatic heterocycles. The van der Waals surface area contributed by atoms with Gasteiger partial charge in [-0.3, -0.25) is 0 Å². The van der Waals surface area contributed by atoms with Gasteiger partial charge in [0, 0.05) is 0 Å². The molecule has 15 heavy (non-hydrogen) atoms. The van der Waals surface area contributed by atoms with E-state index in [-0.39, 0.29) is 0 Å². The molecule has 1 saturated heterocycles. The van der Waals surface area contributed by atoms with Gasteiger partial charge in [-0.15, -0.1) is 0 Å². The van der Waals surface area contributed by atoms with Crippen LogP contribution < -0.4 is 0 Å². The van der Waals surface area contributed by atoms with E-state index in [0.717, 1.165) is 10.1 Å². The van der Waals surface area contributed by atoms with Gasteiger partial charge in [0.25, 0.3) is 0 Å². The highest BCUT2D eigenvalue weighted by Crippen LogP contribution is 2.92. The first-order valence-corrected chi connectivity index (χ1v) is 13.5. The van der Waals surface area contributed by atoms with Crippen molar-refractivity contribution in [1.82, 2.24) is 0 Å². The molecule has 0 aromatic carbocycles. The van der Waals surface area contributed by atoms with Crippen molar-refractivity contribution >= 4 is 16.1 Å². The predicted octanol–water partition coefficient (Wildman–Crippen LogP) is 4.73. The molecular weight excluding hydrogens is 212 g/mol. The molecule has 2 aliphatic carbocycles. The second kappa shape index (κ2) is 2.48. The maximum Gasteiger partial charge on any atom is 0.0543 e. The Labute approximate surface area is 96.9 Å². The van der Waals surface area contributed by atoms with E-state index < -0.39 is 16.1 Å². The van der Waals surface area contributed by atoms with Crippen molar-refractivity contribution in [3.05, 3.63) is 0 Å². The van der Waals surface area contributed by atoms with Gasteiger partial charge in [0.1, 0.15) is 0 Å². The van der Waals surface area contributed by atoms with Crippen LogP contribution in [0.25, 0.3) is 0 Å². The second-order valence-electron chi connectivity index (χ2n) is 8.13. The van der Waals surface area contributed by atoms with Crippen molar-refractivity contribution in [3.63, 3.8) is 0 Å². The molecule has 2 unspecified atom stereocenters. The van der Waals surface area contributed by atoms with Crippen LogP contribution in [0.5, 0.6) is 0 Å². The summed E-state index contributed by atoms with van der Waals surface area (Å²) in [5.41, 5.74) is 0. The van der Waals surface area contributed by atoms with Crippen molar-refractivity contribution in [2.75, 3.05) is 0 Å². The van der Waals surface area contributed by atoms with Crippen LogP contribution in [0.15, 0.2) is 0 Å². The lowest BCUT2D eigenvalue weighted by molar-refractivity contribution is 0.654. The Morgan fingerprint density at radius 1 is 1.13 bits per heavy atom. The zero-order valence-electron chi connectivity index (χ0n) is 11.1. The van der Waals surface area contributed by atoms with Crippen LogP contribution in [0.4, 0.5) is 0 Å². The molecule has 0 spiro atoms. The highest BCUT2D eigenvalue weighted by atomic mass is 28.3. The molecule has 3 aliphatic rings. The average molecular weight is 239 g/mol. The van der Waals surface area contributed by atoms with E-state index in [1.807, 2.05) is 0 Å². The third-order valence-electron chi connectivity index (χ3n) is 6.47. The summed E-state index contributed by atoms with van der Waals surface area (Å²) in [6, 6.07) is 1.64. The Morgan fingerprint density at radius 3 is 2.00 bits per heavy atom. The molecule has 0 nitrogen and oxygen atoms in total. The summed E-state index contributed by atoms with van der Waals surface area (Å²) >= 11 is 0. The fourth-order valence-corrected chi connectivity index (χ4v) is 16.0. The van der Waals surface area contributed by atoms with Gasteiger partial charge in [0.05, 0.1) is 16.1 Å². The van der Waals surface area contributed by atoms with Crippen LogP contribution in [-0.4, -0.2) is 16.1 Å². The van der Waals surface area contributed by atoms with Gasteiger partial charge in [0.2, 0.25) is 0 Å². The molecule has 0 N–H and O–H groups in total. The quantitative estimate of drug-likeness (QED) is 0.610. The number of hydrogen-bond acceptors (Lipinski definition) is 0. The van der Waals surface area contributed by atoms with Crippen LogP contribution in [0.1, 0.15) is 25.7 Å². The maximum atomic E-state index is 2.71. The van der Waals surface area contributed by atoms with E-state index in [2.05, 4.69) is 32.7 Å². The molecule has 86 valence electrons. The van der Waals surface area contributed by atoms with Gasteiger partial charge in [-0.05, 0) is 35.3 Å². The van der Waals surface area contributed by atoms with Crippen LogP contribution >= 0.6 is 0 Å². The molecule has 0 amide bonds. The minimum Gasteiger partial charge on any atom is -0.0691 e. The lowest BCUT2D eigenvalue weighted by Gasteiger charge is -2.44. The predicted molar refractivity (Wildman–Crippen MR) is 73.0 cm³/mol. The molecular formula is C13H26Si2. The number of rotatable bonds is 2. The van der Waals surface area contributed by atoms with Crippen LogP contribution in [-0.2, 0) is 0 Å². The molecule has 2 heteroatoms. The van der Waals surface area contributed by atoms with E-state index in [1.54, 1.807) is 31.7 Å². The first-order chi connectivity index (χ1) is 6.77. The molecule has 0 aromatic heterocycles. The molecule has 0 aromatic rings. The van der Waals surface area contributed by atoms with Gasteiger partial charge in [-0.1, -0.05) is 45.2 Å². The minimum atomic E-state index is -0.924. The summed E-state index contributed by atoms with van der Waals surface area (Å²) in [5, 5.41) is 1.86. The van der Waals surface area contributed by atoms with E-state index in [9.17, 15) is 0 Å². The Hall–Kier alpha value is 0.434. The van der Waals surface area contributed by atoms with Gasteiger partial charge >= 0.3 is 0 Å². The van der Waals surface area contributed by atoms with Gasteiger partial charge in [-0.2, -0.15) is 0 Å². The van der Waals surface area contributed by atoms with E-state index in [4.69, 9.17) is 0 Å². The van der Waals surface area contributed by atoms with E-state index in [1.165, 1.54) is 5.92 Å². The lowest BCUT2D eigenvalue weighted by Crippen LogP contribution is -2.43. The minimum absolute atomic E-state index is 0.868. The summed E-state index contributed by atoms with van der Waals surface area (Å²) < 4.78 is 0. The maximum absolute atomic E-state index is 2.71. The van der Waals surface area contributed by atoms with Crippen LogP contribution in [0.2, 0.25) is 48.9 Å². The van der Waals surface area contributed by atoms with Crippen molar-refractivity contribution in [3.8, 4) is 0 Å². The first-order valence-electron chi connectivity index (χ1n) is 6.77. The lowest BCUT2D eigenvalue weighted by atomic mass is 10.2. The average Bonchev–Trinajstić information content (AvgIpc) is 2.94. The van der Waals surface area contributed by atoms with Crippen LogP contribution in [0.3, 0.4) is 0 Å². The Morgan fingerprint density at radius 2 is 1.73 bits per heavy atom. The van der Waals surface area contributed by atoms with Gasteiger partial charge < -0.3 is 0 Å². The Kier molecular flexibility index (Phi) is 1.75.